The Labute approximate surface area is 101 Å². The summed E-state index contributed by atoms with van der Waals surface area (Å²) in [4.78, 5) is 2.17. The van der Waals surface area contributed by atoms with Gasteiger partial charge in [0.2, 0.25) is 0 Å². The lowest BCUT2D eigenvalue weighted by Gasteiger charge is -2.30. The van der Waals surface area contributed by atoms with E-state index >= 15 is 0 Å². The molecular weight excluding hydrogens is 216 g/mol. The molecule has 5 nitrogen and oxygen atoms in total. The average molecular weight is 236 g/mol. The van der Waals surface area contributed by atoms with E-state index in [1.807, 2.05) is 18.2 Å². The molecule has 0 aliphatic carbocycles. The first kappa shape index (κ1) is 12.2. The number of piperazine rings is 1. The third-order valence-corrected chi connectivity index (χ3v) is 3.16. The summed E-state index contributed by atoms with van der Waals surface area (Å²) >= 11 is 0. The lowest BCUT2D eigenvalue weighted by molar-refractivity contribution is 0.458. The Morgan fingerprint density at radius 1 is 1.35 bits per heavy atom. The number of phenols is 1. The fraction of sp³-hybridized carbons (Fsp3) is 0.500. The van der Waals surface area contributed by atoms with Gasteiger partial charge in [-0.3, -0.25) is 0 Å². The minimum atomic E-state index is -0.308. The van der Waals surface area contributed by atoms with Crippen molar-refractivity contribution in [3.63, 3.8) is 0 Å². The molecule has 0 radical (unpaired) electrons. The Hall–Kier alpha value is -1.30. The van der Waals surface area contributed by atoms with Gasteiger partial charge >= 0.3 is 0 Å². The fourth-order valence-corrected chi connectivity index (χ4v) is 2.14. The third kappa shape index (κ3) is 2.52. The van der Waals surface area contributed by atoms with Crippen LogP contribution in [0, 0.1) is 0 Å². The Kier molecular flexibility index (Phi) is 3.83. The van der Waals surface area contributed by atoms with Crippen LogP contribution in [0.15, 0.2) is 18.2 Å². The maximum absolute atomic E-state index is 10.2. The molecular formula is C12H20N4O. The number of aromatic hydroxyl groups is 1. The normalized spacial score (nSPS) is 18.1. The number of benzene rings is 1. The lowest BCUT2D eigenvalue weighted by Crippen LogP contribution is -2.43. The van der Waals surface area contributed by atoms with Crippen molar-refractivity contribution in [3.05, 3.63) is 23.8 Å². The highest BCUT2D eigenvalue weighted by Gasteiger charge is 2.18. The number of hydrogen-bond acceptors (Lipinski definition) is 5. The summed E-state index contributed by atoms with van der Waals surface area (Å²) in [7, 11) is 0. The van der Waals surface area contributed by atoms with Crippen LogP contribution in [0.2, 0.25) is 0 Å². The van der Waals surface area contributed by atoms with E-state index in [9.17, 15) is 5.11 Å². The van der Waals surface area contributed by atoms with Crippen molar-refractivity contribution in [2.24, 2.45) is 11.5 Å². The Morgan fingerprint density at radius 2 is 2.06 bits per heavy atom. The number of rotatable bonds is 3. The number of para-hydroxylation sites is 1. The van der Waals surface area contributed by atoms with Gasteiger partial charge in [-0.15, -0.1) is 0 Å². The number of nitrogens with two attached hydrogens (primary N) is 2. The average Bonchev–Trinajstić information content (AvgIpc) is 2.39. The highest BCUT2D eigenvalue weighted by molar-refractivity contribution is 5.62. The number of phenolic OH excluding ortho intramolecular Hbond substituents is 1. The molecule has 6 N–H and O–H groups in total. The molecule has 1 aromatic carbocycles. The van der Waals surface area contributed by atoms with E-state index in [0.29, 0.717) is 6.54 Å². The van der Waals surface area contributed by atoms with Crippen molar-refractivity contribution in [2.45, 2.75) is 6.04 Å². The zero-order valence-electron chi connectivity index (χ0n) is 9.89. The molecule has 0 saturated carbocycles. The second-order valence-electron chi connectivity index (χ2n) is 4.29. The van der Waals surface area contributed by atoms with E-state index in [1.165, 1.54) is 0 Å². The van der Waals surface area contributed by atoms with Crippen LogP contribution in [0.5, 0.6) is 5.75 Å². The third-order valence-electron chi connectivity index (χ3n) is 3.16. The van der Waals surface area contributed by atoms with Crippen molar-refractivity contribution in [1.29, 1.82) is 0 Å². The predicted octanol–water partition coefficient (Wildman–Crippen LogP) is -0.240. The van der Waals surface area contributed by atoms with E-state index in [2.05, 4.69) is 10.2 Å². The van der Waals surface area contributed by atoms with Crippen LogP contribution in [0.4, 0.5) is 5.69 Å². The minimum Gasteiger partial charge on any atom is -0.505 e. The molecule has 1 aliphatic rings. The van der Waals surface area contributed by atoms with E-state index in [0.717, 1.165) is 37.4 Å². The summed E-state index contributed by atoms with van der Waals surface area (Å²) < 4.78 is 0. The summed E-state index contributed by atoms with van der Waals surface area (Å²) in [5.74, 6) is 0.271. The summed E-state index contributed by atoms with van der Waals surface area (Å²) in [5, 5.41) is 13.5. The van der Waals surface area contributed by atoms with E-state index in [1.54, 1.807) is 0 Å². The van der Waals surface area contributed by atoms with Gasteiger partial charge in [0.1, 0.15) is 5.75 Å². The van der Waals surface area contributed by atoms with Crippen LogP contribution >= 0.6 is 0 Å². The Morgan fingerprint density at radius 3 is 2.71 bits per heavy atom. The molecule has 0 aromatic heterocycles. The number of anilines is 1. The highest BCUT2D eigenvalue weighted by atomic mass is 16.3. The van der Waals surface area contributed by atoms with E-state index in [-0.39, 0.29) is 11.8 Å². The zero-order valence-corrected chi connectivity index (χ0v) is 9.89. The number of nitrogens with one attached hydrogen (secondary N) is 1. The molecule has 0 spiro atoms. The summed E-state index contributed by atoms with van der Waals surface area (Å²) in [6.45, 7) is 4.00. The molecule has 1 aliphatic heterocycles. The van der Waals surface area contributed by atoms with Gasteiger partial charge in [-0.05, 0) is 6.07 Å². The first-order valence-electron chi connectivity index (χ1n) is 5.97. The molecule has 1 fully saturated rings. The van der Waals surface area contributed by atoms with Gasteiger partial charge in [0, 0.05) is 44.3 Å². The predicted molar refractivity (Wildman–Crippen MR) is 69.2 cm³/mol. The van der Waals surface area contributed by atoms with Crippen LogP contribution < -0.4 is 21.7 Å². The molecule has 1 saturated heterocycles. The van der Waals surface area contributed by atoms with Crippen LogP contribution in [-0.2, 0) is 0 Å². The van der Waals surface area contributed by atoms with Crippen LogP contribution in [0.25, 0.3) is 0 Å². The zero-order chi connectivity index (χ0) is 12.3. The van der Waals surface area contributed by atoms with Gasteiger partial charge in [-0.2, -0.15) is 0 Å². The second kappa shape index (κ2) is 5.35. The minimum absolute atomic E-state index is 0.271. The second-order valence-corrected chi connectivity index (χ2v) is 4.29. The molecule has 0 amide bonds. The maximum Gasteiger partial charge on any atom is 0.143 e. The monoisotopic (exact) mass is 236 g/mol. The van der Waals surface area contributed by atoms with Gasteiger partial charge in [-0.1, -0.05) is 12.1 Å². The lowest BCUT2D eigenvalue weighted by atomic mass is 10.0. The maximum atomic E-state index is 10.2. The van der Waals surface area contributed by atoms with Crippen molar-refractivity contribution in [3.8, 4) is 5.75 Å². The SMILES string of the molecule is NC[C@H](N)c1cccc(N2CCNCC2)c1O. The van der Waals surface area contributed by atoms with Gasteiger partial charge in [0.25, 0.3) is 0 Å². The molecule has 17 heavy (non-hydrogen) atoms. The number of nitrogens with zero attached hydrogens (tertiary/aromatic N) is 1. The Bertz CT molecular complexity index is 377. The summed E-state index contributed by atoms with van der Waals surface area (Å²) in [6.07, 6.45) is 0. The van der Waals surface area contributed by atoms with E-state index in [4.69, 9.17) is 11.5 Å². The topological polar surface area (TPSA) is 87.5 Å². The van der Waals surface area contributed by atoms with Crippen LogP contribution in [0.3, 0.4) is 0 Å². The molecule has 1 aromatic rings. The molecule has 94 valence electrons. The van der Waals surface area contributed by atoms with Gasteiger partial charge in [-0.25, -0.2) is 0 Å². The van der Waals surface area contributed by atoms with Gasteiger partial charge in [0.15, 0.2) is 0 Å². The summed E-state index contributed by atoms with van der Waals surface area (Å²) in [6, 6.07) is 5.37. The van der Waals surface area contributed by atoms with E-state index < -0.39 is 0 Å². The first-order valence-corrected chi connectivity index (χ1v) is 5.97. The molecule has 1 heterocycles. The standard InChI is InChI=1S/C12H20N4O/c13-8-10(14)9-2-1-3-11(12(9)17)16-6-4-15-5-7-16/h1-3,10,15,17H,4-8,13-14H2/t10-/m0/s1. The van der Waals surface area contributed by atoms with Gasteiger partial charge in [0.05, 0.1) is 5.69 Å². The molecule has 0 bridgehead atoms. The van der Waals surface area contributed by atoms with Gasteiger partial charge < -0.3 is 26.8 Å². The van der Waals surface area contributed by atoms with Crippen molar-refractivity contribution in [2.75, 3.05) is 37.6 Å². The van der Waals surface area contributed by atoms with Crippen molar-refractivity contribution >= 4 is 5.69 Å². The Balaban J connectivity index is 2.27. The summed E-state index contributed by atoms with van der Waals surface area (Å²) in [5.41, 5.74) is 13.0. The quantitative estimate of drug-likeness (QED) is 0.582. The largest absolute Gasteiger partial charge is 0.505 e. The first-order chi connectivity index (χ1) is 8.24. The molecule has 2 rings (SSSR count). The highest BCUT2D eigenvalue weighted by Crippen LogP contribution is 2.33. The molecule has 1 atom stereocenters. The molecule has 5 heteroatoms. The molecule has 0 unspecified atom stereocenters. The number of hydrogen-bond donors (Lipinski definition) is 4. The fourth-order valence-electron chi connectivity index (χ4n) is 2.14. The van der Waals surface area contributed by atoms with Crippen molar-refractivity contribution in [1.82, 2.24) is 5.32 Å². The smallest absolute Gasteiger partial charge is 0.143 e. The van der Waals surface area contributed by atoms with Crippen LogP contribution in [-0.4, -0.2) is 37.8 Å². The van der Waals surface area contributed by atoms with Crippen molar-refractivity contribution < 1.29 is 5.11 Å². The van der Waals surface area contributed by atoms with Crippen LogP contribution in [0.1, 0.15) is 11.6 Å².